The second-order valence-corrected chi connectivity index (χ2v) is 8.63. The van der Waals surface area contributed by atoms with E-state index in [1.165, 1.54) is 16.5 Å². The normalized spacial score (nSPS) is 19.1. The van der Waals surface area contributed by atoms with E-state index in [0.29, 0.717) is 30.2 Å². The number of piperidine rings is 1. The van der Waals surface area contributed by atoms with Crippen molar-refractivity contribution in [3.63, 3.8) is 0 Å². The molecule has 3 aliphatic rings. The summed E-state index contributed by atoms with van der Waals surface area (Å²) in [6.07, 6.45) is 3.73. The highest BCUT2D eigenvalue weighted by Gasteiger charge is 2.31. The van der Waals surface area contributed by atoms with E-state index in [2.05, 4.69) is 24.3 Å². The van der Waals surface area contributed by atoms with Crippen LogP contribution in [0.25, 0.3) is 10.8 Å². The first-order valence-electron chi connectivity index (χ1n) is 11.0. The molecule has 0 radical (unpaired) electrons. The largest absolute Gasteiger partial charge is 0.454 e. The van der Waals surface area contributed by atoms with Crippen molar-refractivity contribution >= 4 is 22.5 Å². The van der Waals surface area contributed by atoms with E-state index in [1.807, 2.05) is 11.0 Å². The predicted molar refractivity (Wildman–Crippen MR) is 117 cm³/mol. The number of ketones is 1. The third kappa shape index (κ3) is 2.99. The second kappa shape index (κ2) is 7.12. The fraction of sp³-hybridized carbons (Fsp3) is 0.308. The smallest absolute Gasteiger partial charge is 0.254 e. The topological polar surface area (TPSA) is 55.8 Å². The number of benzene rings is 3. The monoisotopic (exact) mass is 413 g/mol. The number of ether oxygens (including phenoxy) is 2. The highest BCUT2D eigenvalue weighted by atomic mass is 16.7. The number of amides is 1. The zero-order chi connectivity index (χ0) is 20.9. The summed E-state index contributed by atoms with van der Waals surface area (Å²) in [5, 5.41) is 2.33. The number of hydrogen-bond donors (Lipinski definition) is 0. The number of carbonyl (C=O) groups excluding carboxylic acids is 2. The van der Waals surface area contributed by atoms with Gasteiger partial charge in [-0.05, 0) is 65.8 Å². The van der Waals surface area contributed by atoms with Crippen molar-refractivity contribution in [3.05, 3.63) is 70.8 Å². The van der Waals surface area contributed by atoms with E-state index in [0.717, 1.165) is 36.6 Å². The number of Topliss-reactive ketones (excluding diaryl/α,β-unsaturated/α-hetero) is 1. The number of hydrogen-bond acceptors (Lipinski definition) is 4. The third-order valence-corrected chi connectivity index (χ3v) is 6.84. The molecule has 1 unspecified atom stereocenters. The Morgan fingerprint density at radius 2 is 1.77 bits per heavy atom. The lowest BCUT2D eigenvalue weighted by Crippen LogP contribution is -2.42. The molecule has 31 heavy (non-hydrogen) atoms. The van der Waals surface area contributed by atoms with Crippen LogP contribution in [-0.4, -0.2) is 36.5 Å². The van der Waals surface area contributed by atoms with Gasteiger partial charge in [0, 0.05) is 30.1 Å². The molecule has 0 saturated carbocycles. The van der Waals surface area contributed by atoms with Crippen LogP contribution in [0.3, 0.4) is 0 Å². The molecular formula is C26H23NO4. The van der Waals surface area contributed by atoms with Gasteiger partial charge in [-0.25, -0.2) is 0 Å². The van der Waals surface area contributed by atoms with Gasteiger partial charge in [-0.2, -0.15) is 0 Å². The van der Waals surface area contributed by atoms with Crippen LogP contribution in [0, 0.1) is 5.92 Å². The van der Waals surface area contributed by atoms with Crippen molar-refractivity contribution in [1.82, 2.24) is 4.90 Å². The van der Waals surface area contributed by atoms with Gasteiger partial charge in [0.2, 0.25) is 6.79 Å². The minimum Gasteiger partial charge on any atom is -0.454 e. The van der Waals surface area contributed by atoms with Gasteiger partial charge >= 0.3 is 0 Å². The number of aryl methyl sites for hydroxylation is 2. The quantitative estimate of drug-likeness (QED) is 0.597. The summed E-state index contributed by atoms with van der Waals surface area (Å²) in [5.74, 6) is 1.18. The first kappa shape index (κ1) is 18.4. The lowest BCUT2D eigenvalue weighted by Gasteiger charge is -2.32. The van der Waals surface area contributed by atoms with Crippen LogP contribution in [0.15, 0.2) is 48.5 Å². The molecule has 2 heterocycles. The molecule has 5 nitrogen and oxygen atoms in total. The fourth-order valence-electron chi connectivity index (χ4n) is 5.27. The van der Waals surface area contributed by atoms with Gasteiger partial charge in [0.1, 0.15) is 0 Å². The molecule has 1 saturated heterocycles. The maximum atomic E-state index is 13.5. The molecule has 6 rings (SSSR count). The summed E-state index contributed by atoms with van der Waals surface area (Å²) in [4.78, 5) is 28.5. The average molecular weight is 413 g/mol. The molecule has 3 aromatic carbocycles. The van der Waals surface area contributed by atoms with Gasteiger partial charge in [-0.1, -0.05) is 30.3 Å². The third-order valence-electron chi connectivity index (χ3n) is 6.84. The molecule has 0 aromatic heterocycles. The number of carbonyl (C=O) groups is 2. The summed E-state index contributed by atoms with van der Waals surface area (Å²) in [5.41, 5.74) is 4.04. The van der Waals surface area contributed by atoms with E-state index in [9.17, 15) is 9.59 Å². The van der Waals surface area contributed by atoms with Crippen molar-refractivity contribution in [2.45, 2.75) is 25.7 Å². The maximum absolute atomic E-state index is 13.5. The number of nitrogens with zero attached hydrogens (tertiary/aromatic N) is 1. The maximum Gasteiger partial charge on any atom is 0.254 e. The van der Waals surface area contributed by atoms with E-state index in [1.54, 1.807) is 18.2 Å². The summed E-state index contributed by atoms with van der Waals surface area (Å²) in [6.45, 7) is 1.30. The van der Waals surface area contributed by atoms with Gasteiger partial charge in [-0.15, -0.1) is 0 Å². The molecule has 1 amide bonds. The minimum atomic E-state index is -0.176. The van der Waals surface area contributed by atoms with E-state index < -0.39 is 0 Å². The lowest BCUT2D eigenvalue weighted by atomic mass is 9.87. The average Bonchev–Trinajstić information content (AvgIpc) is 3.46. The summed E-state index contributed by atoms with van der Waals surface area (Å²) < 4.78 is 10.8. The Morgan fingerprint density at radius 3 is 2.68 bits per heavy atom. The Balaban J connectivity index is 1.26. The van der Waals surface area contributed by atoms with Crippen LogP contribution in [0.1, 0.15) is 44.7 Å². The zero-order valence-electron chi connectivity index (χ0n) is 17.2. The van der Waals surface area contributed by atoms with Gasteiger partial charge in [0.05, 0.1) is 0 Å². The van der Waals surface area contributed by atoms with Crippen LogP contribution in [-0.2, 0) is 12.8 Å². The molecule has 3 aromatic rings. The highest BCUT2D eigenvalue weighted by Crippen LogP contribution is 2.35. The number of likely N-dealkylation sites (tertiary alicyclic amines) is 1. The van der Waals surface area contributed by atoms with Gasteiger partial charge in [-0.3, -0.25) is 9.59 Å². The van der Waals surface area contributed by atoms with Crippen molar-refractivity contribution < 1.29 is 19.1 Å². The Hall–Kier alpha value is -3.34. The predicted octanol–water partition coefficient (Wildman–Crippen LogP) is 4.40. The van der Waals surface area contributed by atoms with Crippen molar-refractivity contribution in [1.29, 1.82) is 0 Å². The Kier molecular flexibility index (Phi) is 4.23. The van der Waals surface area contributed by atoms with E-state index in [4.69, 9.17) is 9.47 Å². The van der Waals surface area contributed by atoms with Crippen LogP contribution >= 0.6 is 0 Å². The molecule has 2 aliphatic heterocycles. The summed E-state index contributed by atoms with van der Waals surface area (Å²) in [6, 6.07) is 15.7. The lowest BCUT2D eigenvalue weighted by molar-refractivity contribution is 0.0637. The SMILES string of the molecule is O=C(c1ccc2c3c(cccc13)CC2)C1CCCN(C(=O)c2ccc3c(c2)OCO3)C1. The molecule has 0 spiro atoms. The van der Waals surface area contributed by atoms with Crippen molar-refractivity contribution in [2.75, 3.05) is 19.9 Å². The van der Waals surface area contributed by atoms with E-state index in [-0.39, 0.29) is 24.4 Å². The molecule has 5 heteroatoms. The summed E-state index contributed by atoms with van der Waals surface area (Å²) >= 11 is 0. The zero-order valence-corrected chi connectivity index (χ0v) is 17.2. The Labute approximate surface area is 180 Å². The highest BCUT2D eigenvalue weighted by molar-refractivity contribution is 6.11. The van der Waals surface area contributed by atoms with Gasteiger partial charge in [0.15, 0.2) is 17.3 Å². The molecule has 1 atom stereocenters. The first-order valence-corrected chi connectivity index (χ1v) is 11.0. The standard InChI is InChI=1S/C26H23NO4/c28-25(21-10-8-17-7-6-16-3-1-5-20(21)24(16)17)19-4-2-12-27(14-19)26(29)18-9-11-22-23(13-18)31-15-30-22/h1,3,5,8-11,13,19H,2,4,6-7,12,14-15H2. The van der Waals surface area contributed by atoms with Gasteiger partial charge in [0.25, 0.3) is 5.91 Å². The molecule has 0 N–H and O–H groups in total. The van der Waals surface area contributed by atoms with Crippen LogP contribution < -0.4 is 9.47 Å². The number of rotatable bonds is 3. The van der Waals surface area contributed by atoms with E-state index >= 15 is 0 Å². The Bertz CT molecular complexity index is 1220. The Morgan fingerprint density at radius 1 is 0.935 bits per heavy atom. The van der Waals surface area contributed by atoms with Crippen LogP contribution in [0.5, 0.6) is 11.5 Å². The molecule has 156 valence electrons. The van der Waals surface area contributed by atoms with Crippen LogP contribution in [0.2, 0.25) is 0 Å². The molecule has 0 bridgehead atoms. The molecular weight excluding hydrogens is 390 g/mol. The van der Waals surface area contributed by atoms with Crippen molar-refractivity contribution in [2.24, 2.45) is 5.92 Å². The van der Waals surface area contributed by atoms with Crippen molar-refractivity contribution in [3.8, 4) is 11.5 Å². The molecule has 1 fully saturated rings. The molecule has 1 aliphatic carbocycles. The fourth-order valence-corrected chi connectivity index (χ4v) is 5.27. The minimum absolute atomic E-state index is 0.0591. The van der Waals surface area contributed by atoms with Crippen LogP contribution in [0.4, 0.5) is 0 Å². The first-order chi connectivity index (χ1) is 15.2. The van der Waals surface area contributed by atoms with Gasteiger partial charge < -0.3 is 14.4 Å². The number of fused-ring (bicyclic) bond motifs is 1. The summed E-state index contributed by atoms with van der Waals surface area (Å²) in [7, 11) is 0. The second-order valence-electron chi connectivity index (χ2n) is 8.63.